The fourth-order valence-corrected chi connectivity index (χ4v) is 6.62. The maximum absolute atomic E-state index is 13.8. The van der Waals surface area contributed by atoms with Crippen molar-refractivity contribution < 1.29 is 39.1 Å². The Morgan fingerprint density at radius 1 is 1.05 bits per heavy atom. The van der Waals surface area contributed by atoms with Crippen LogP contribution in [0.2, 0.25) is 0 Å². The molecule has 0 saturated heterocycles. The van der Waals surface area contributed by atoms with Crippen LogP contribution in [0.15, 0.2) is 20.1 Å². The Labute approximate surface area is 226 Å². The molecule has 11 nitrogen and oxygen atoms in total. The molecule has 0 amide bonds. The number of aliphatic hydroxyl groups is 2. The van der Waals surface area contributed by atoms with Gasteiger partial charge in [-0.25, -0.2) is 0 Å². The molecule has 0 saturated carbocycles. The van der Waals surface area contributed by atoms with Crippen molar-refractivity contribution in [2.75, 3.05) is 13.9 Å². The molecule has 3 atom stereocenters. The number of aliphatic hydroxyl groups excluding tert-OH is 2. The number of hydrogen-bond acceptors (Lipinski definition) is 10. The number of fused-ring (bicyclic) bond motifs is 6. The van der Waals surface area contributed by atoms with Crippen molar-refractivity contribution in [3.63, 3.8) is 0 Å². The average molecular weight is 550 g/mol. The van der Waals surface area contributed by atoms with Crippen molar-refractivity contribution in [1.82, 2.24) is 4.57 Å². The summed E-state index contributed by atoms with van der Waals surface area (Å²) < 4.78 is 25.0. The van der Waals surface area contributed by atoms with Gasteiger partial charge in [-0.3, -0.25) is 9.59 Å². The van der Waals surface area contributed by atoms with E-state index in [4.69, 9.17) is 18.6 Å². The van der Waals surface area contributed by atoms with Crippen molar-refractivity contribution in [2.45, 2.75) is 50.9 Å². The Morgan fingerprint density at radius 3 is 2.50 bits per heavy atom. The van der Waals surface area contributed by atoms with Crippen LogP contribution in [0.4, 0.5) is 0 Å². The maximum atomic E-state index is 13.8. The molecule has 2 aliphatic carbocycles. The number of hydrogen-bond donors (Lipinski definition) is 4. The maximum Gasteiger partial charge on any atom is 0.262 e. The molecule has 3 aliphatic rings. The van der Waals surface area contributed by atoms with Gasteiger partial charge in [-0.2, -0.15) is 0 Å². The van der Waals surface area contributed by atoms with Crippen LogP contribution in [-0.4, -0.2) is 38.9 Å². The Morgan fingerprint density at radius 2 is 1.77 bits per heavy atom. The van der Waals surface area contributed by atoms with Gasteiger partial charge < -0.3 is 43.6 Å². The van der Waals surface area contributed by atoms with Crippen LogP contribution in [0.5, 0.6) is 23.0 Å². The van der Waals surface area contributed by atoms with Gasteiger partial charge in [-0.15, -0.1) is 0 Å². The number of aromatic hydroxyl groups is 2. The molecule has 4 aromatic rings. The van der Waals surface area contributed by atoms with Crippen LogP contribution in [-0.2, 0) is 24.6 Å². The summed E-state index contributed by atoms with van der Waals surface area (Å²) in [6.07, 6.45) is -1.84. The summed E-state index contributed by atoms with van der Waals surface area (Å²) in [4.78, 5) is 27.3. The summed E-state index contributed by atoms with van der Waals surface area (Å²) >= 11 is 0. The first-order chi connectivity index (χ1) is 19.2. The number of benzene rings is 2. The summed E-state index contributed by atoms with van der Waals surface area (Å²) in [5, 5.41) is 44.8. The highest BCUT2D eigenvalue weighted by molar-refractivity contribution is 6.07. The summed E-state index contributed by atoms with van der Waals surface area (Å²) in [5.74, 6) is -0.472. The predicted molar refractivity (Wildman–Crippen MR) is 142 cm³/mol. The fourth-order valence-electron chi connectivity index (χ4n) is 6.62. The number of phenols is 2. The first-order valence-electron chi connectivity index (χ1n) is 13.1. The van der Waals surface area contributed by atoms with E-state index in [0.717, 1.165) is 5.69 Å². The smallest absolute Gasteiger partial charge is 0.262 e. The Balaban J connectivity index is 1.68. The molecule has 11 heteroatoms. The molecule has 208 valence electrons. The first-order valence-corrected chi connectivity index (χ1v) is 13.1. The van der Waals surface area contributed by atoms with E-state index in [-0.39, 0.29) is 76.4 Å². The van der Waals surface area contributed by atoms with Crippen molar-refractivity contribution >= 4 is 21.7 Å². The third kappa shape index (κ3) is 2.99. The lowest BCUT2D eigenvalue weighted by Gasteiger charge is -2.35. The van der Waals surface area contributed by atoms with E-state index >= 15 is 0 Å². The van der Waals surface area contributed by atoms with E-state index in [1.54, 1.807) is 13.1 Å². The minimum absolute atomic E-state index is 0.0106. The van der Waals surface area contributed by atoms with E-state index in [1.807, 2.05) is 6.92 Å². The van der Waals surface area contributed by atoms with Crippen LogP contribution >= 0.6 is 0 Å². The van der Waals surface area contributed by atoms with Crippen molar-refractivity contribution in [1.29, 1.82) is 0 Å². The monoisotopic (exact) mass is 549 g/mol. The van der Waals surface area contributed by atoms with Crippen LogP contribution in [0.25, 0.3) is 32.9 Å². The topological polar surface area (TPSA) is 161 Å². The number of phenolic OH excluding ortho intramolecular Hbond substituents is 2. The van der Waals surface area contributed by atoms with Gasteiger partial charge in [0.15, 0.2) is 18.1 Å². The molecular weight excluding hydrogens is 522 g/mol. The molecule has 2 unspecified atom stereocenters. The summed E-state index contributed by atoms with van der Waals surface area (Å²) in [6.45, 7) is 1.82. The molecule has 0 fully saturated rings. The third-order valence-electron chi connectivity index (χ3n) is 8.54. The molecule has 2 aromatic heterocycles. The lowest BCUT2D eigenvalue weighted by atomic mass is 9.78. The second-order valence-electron chi connectivity index (χ2n) is 10.5. The van der Waals surface area contributed by atoms with Crippen molar-refractivity contribution in [2.24, 2.45) is 7.05 Å². The Hall–Kier alpha value is -4.06. The van der Waals surface area contributed by atoms with E-state index in [2.05, 4.69) is 0 Å². The number of methoxy groups -OCH3 is 1. The van der Waals surface area contributed by atoms with Crippen molar-refractivity contribution in [3.8, 4) is 34.1 Å². The number of pyridine rings is 1. The minimum atomic E-state index is -1.19. The standard InChI is InChI=1S/C29H27NO10/c1-4-10-7-11-17(29(36)30(10)2)23(34)20-16-12(8-15-19(20)25(11)39-9-38-15)26(37-3)28-21(22(16)33)24(35)18-13(31)5-6-14(32)27(18)40-28/h7,13-15,31-34H,4-6,8-9H2,1-3H3/t13?,14?,15-/m0/s1. The summed E-state index contributed by atoms with van der Waals surface area (Å²) in [6, 6.07) is 1.80. The molecular formula is C29H27NO10. The van der Waals surface area contributed by atoms with Gasteiger partial charge in [-0.05, 0) is 25.3 Å². The largest absolute Gasteiger partial charge is 0.506 e. The molecule has 0 spiro atoms. The quantitative estimate of drug-likeness (QED) is 0.292. The van der Waals surface area contributed by atoms with Gasteiger partial charge in [-0.1, -0.05) is 6.92 Å². The summed E-state index contributed by atoms with van der Waals surface area (Å²) in [7, 11) is 3.00. The van der Waals surface area contributed by atoms with Gasteiger partial charge in [0.05, 0.1) is 30.3 Å². The van der Waals surface area contributed by atoms with Crippen molar-refractivity contribution in [3.05, 3.63) is 54.8 Å². The molecule has 2 aromatic carbocycles. The molecule has 0 radical (unpaired) electrons. The van der Waals surface area contributed by atoms with Gasteiger partial charge in [0.2, 0.25) is 5.43 Å². The Bertz CT molecular complexity index is 1900. The highest BCUT2D eigenvalue weighted by Crippen LogP contribution is 2.59. The van der Waals surface area contributed by atoms with E-state index in [0.29, 0.717) is 28.7 Å². The average Bonchev–Trinajstić information content (AvgIpc) is 2.94. The number of aryl methyl sites for hydroxylation is 1. The zero-order valence-electron chi connectivity index (χ0n) is 22.0. The number of nitrogens with zero attached hydrogens (tertiary/aromatic N) is 1. The molecule has 3 heterocycles. The van der Waals surface area contributed by atoms with Gasteiger partial charge in [0.1, 0.15) is 34.5 Å². The SMILES string of the molecule is CCc1cc2c3c4c(c(O)c2c(=O)n1C)-c1c(c(OC)c2oc5c(c(=O)c2c1O)C(O)CCC5O)C[C@@H]4OCO3. The number of ether oxygens (including phenoxy) is 3. The number of aromatic nitrogens is 1. The second-order valence-corrected chi connectivity index (χ2v) is 10.5. The first kappa shape index (κ1) is 24.9. The second kappa shape index (κ2) is 8.47. The van der Waals surface area contributed by atoms with Crippen LogP contribution in [0.3, 0.4) is 0 Å². The fraction of sp³-hybridized carbons (Fsp3) is 0.379. The zero-order valence-corrected chi connectivity index (χ0v) is 22.0. The zero-order chi connectivity index (χ0) is 28.2. The van der Waals surface area contributed by atoms with E-state index in [9.17, 15) is 30.0 Å². The van der Waals surface area contributed by atoms with Gasteiger partial charge in [0, 0.05) is 46.8 Å². The van der Waals surface area contributed by atoms with Gasteiger partial charge in [0.25, 0.3) is 5.56 Å². The van der Waals surface area contributed by atoms with E-state index < -0.39 is 35.0 Å². The highest BCUT2D eigenvalue weighted by Gasteiger charge is 2.42. The van der Waals surface area contributed by atoms with Gasteiger partial charge >= 0.3 is 0 Å². The lowest BCUT2D eigenvalue weighted by Crippen LogP contribution is -2.27. The highest BCUT2D eigenvalue weighted by atomic mass is 16.7. The Kier molecular flexibility index (Phi) is 5.28. The molecule has 7 rings (SSSR count). The minimum Gasteiger partial charge on any atom is -0.506 e. The molecule has 40 heavy (non-hydrogen) atoms. The third-order valence-corrected chi connectivity index (χ3v) is 8.54. The van der Waals surface area contributed by atoms with Crippen LogP contribution in [0.1, 0.15) is 66.2 Å². The number of rotatable bonds is 2. The van der Waals surface area contributed by atoms with Crippen LogP contribution in [0, 0.1) is 0 Å². The normalized spacial score (nSPS) is 21.1. The van der Waals surface area contributed by atoms with E-state index in [1.165, 1.54) is 11.7 Å². The molecule has 4 N–H and O–H groups in total. The lowest BCUT2D eigenvalue weighted by molar-refractivity contribution is -0.0587. The molecule has 0 bridgehead atoms. The van der Waals surface area contributed by atoms with Crippen LogP contribution < -0.4 is 20.5 Å². The molecule has 1 aliphatic heterocycles. The predicted octanol–water partition coefficient (Wildman–Crippen LogP) is 3.12. The summed E-state index contributed by atoms with van der Waals surface area (Å²) in [5.41, 5.74) is 0.405.